The van der Waals surface area contributed by atoms with E-state index in [1.807, 2.05) is 42.5 Å². The van der Waals surface area contributed by atoms with Crippen molar-refractivity contribution in [3.05, 3.63) is 71.4 Å². The molecular formula is C26H29N3O2. The lowest BCUT2D eigenvalue weighted by Gasteiger charge is -2.37. The standard InChI is InChI=1S/C26H29N3O2/c1-26(2)14-20-24(22(30)15-26)25(17-8-4-3-5-9-17)29(16-23(31)27-18-12-13-18)21-11-7-6-10-19(21)28-20/h3-11,18,25,28H,12-16H2,1-2H3,(H,27,31). The van der Waals surface area contributed by atoms with E-state index in [1.54, 1.807) is 0 Å². The van der Waals surface area contributed by atoms with Gasteiger partial charge in [-0.25, -0.2) is 0 Å². The lowest BCUT2D eigenvalue weighted by Crippen LogP contribution is -2.42. The molecule has 3 aliphatic rings. The predicted molar refractivity (Wildman–Crippen MR) is 123 cm³/mol. The Hall–Kier alpha value is -3.08. The van der Waals surface area contributed by atoms with Gasteiger partial charge in [0.1, 0.15) is 0 Å². The van der Waals surface area contributed by atoms with Crippen molar-refractivity contribution in [2.45, 2.75) is 51.6 Å². The number of amides is 1. The van der Waals surface area contributed by atoms with E-state index in [-0.39, 0.29) is 29.7 Å². The zero-order chi connectivity index (χ0) is 21.6. The first kappa shape index (κ1) is 19.9. The Morgan fingerprint density at radius 1 is 1.06 bits per heavy atom. The molecule has 2 N–H and O–H groups in total. The number of para-hydroxylation sites is 2. The van der Waals surface area contributed by atoms with Gasteiger partial charge >= 0.3 is 0 Å². The maximum absolute atomic E-state index is 13.5. The highest BCUT2D eigenvalue weighted by Gasteiger charge is 2.42. The molecule has 160 valence electrons. The number of hydrogen-bond acceptors (Lipinski definition) is 4. The molecule has 0 radical (unpaired) electrons. The smallest absolute Gasteiger partial charge is 0.239 e. The average molecular weight is 416 g/mol. The summed E-state index contributed by atoms with van der Waals surface area (Å²) in [4.78, 5) is 28.6. The van der Waals surface area contributed by atoms with E-state index in [0.717, 1.165) is 47.5 Å². The van der Waals surface area contributed by atoms with Gasteiger partial charge in [0.2, 0.25) is 5.91 Å². The van der Waals surface area contributed by atoms with Crippen molar-refractivity contribution < 1.29 is 9.59 Å². The Labute approximate surface area is 183 Å². The zero-order valence-corrected chi connectivity index (χ0v) is 18.2. The molecule has 0 saturated heterocycles. The highest BCUT2D eigenvalue weighted by atomic mass is 16.2. The highest BCUT2D eigenvalue weighted by molar-refractivity contribution is 6.01. The molecule has 2 aliphatic carbocycles. The van der Waals surface area contributed by atoms with Gasteiger partial charge in [-0.2, -0.15) is 0 Å². The molecule has 1 amide bonds. The third kappa shape index (κ3) is 3.97. The Morgan fingerprint density at radius 2 is 1.77 bits per heavy atom. The molecule has 5 nitrogen and oxygen atoms in total. The third-order valence-electron chi connectivity index (χ3n) is 6.38. The molecule has 1 fully saturated rings. The van der Waals surface area contributed by atoms with Crippen molar-refractivity contribution in [1.29, 1.82) is 0 Å². The molecule has 1 aliphatic heterocycles. The van der Waals surface area contributed by atoms with Crippen LogP contribution in [0.15, 0.2) is 65.9 Å². The lowest BCUT2D eigenvalue weighted by atomic mass is 9.73. The van der Waals surface area contributed by atoms with Crippen LogP contribution in [0, 0.1) is 5.41 Å². The van der Waals surface area contributed by atoms with Gasteiger partial charge in [0.05, 0.1) is 24.0 Å². The highest BCUT2D eigenvalue weighted by Crippen LogP contribution is 2.48. The van der Waals surface area contributed by atoms with E-state index < -0.39 is 0 Å². The third-order valence-corrected chi connectivity index (χ3v) is 6.38. The van der Waals surface area contributed by atoms with E-state index in [9.17, 15) is 9.59 Å². The van der Waals surface area contributed by atoms with Crippen LogP contribution in [0.2, 0.25) is 0 Å². The summed E-state index contributed by atoms with van der Waals surface area (Å²) in [6, 6.07) is 18.1. The Balaban J connectivity index is 1.67. The number of nitrogens with zero attached hydrogens (tertiary/aromatic N) is 1. The fraction of sp³-hybridized carbons (Fsp3) is 0.385. The second-order valence-electron chi connectivity index (χ2n) is 9.76. The summed E-state index contributed by atoms with van der Waals surface area (Å²) >= 11 is 0. The molecule has 5 rings (SSSR count). The van der Waals surface area contributed by atoms with Gasteiger partial charge in [0, 0.05) is 23.7 Å². The zero-order valence-electron chi connectivity index (χ0n) is 18.2. The molecule has 0 spiro atoms. The molecule has 2 aromatic carbocycles. The van der Waals surface area contributed by atoms with E-state index in [2.05, 4.69) is 41.5 Å². The van der Waals surface area contributed by atoms with Crippen molar-refractivity contribution in [3.8, 4) is 0 Å². The molecule has 2 aromatic rings. The van der Waals surface area contributed by atoms with Gasteiger partial charge < -0.3 is 15.5 Å². The number of anilines is 2. The summed E-state index contributed by atoms with van der Waals surface area (Å²) in [5.74, 6) is 0.166. The van der Waals surface area contributed by atoms with Crippen LogP contribution < -0.4 is 15.5 Å². The van der Waals surface area contributed by atoms with E-state index in [4.69, 9.17) is 0 Å². The van der Waals surface area contributed by atoms with Gasteiger partial charge in [-0.3, -0.25) is 9.59 Å². The summed E-state index contributed by atoms with van der Waals surface area (Å²) in [6.45, 7) is 4.50. The number of ketones is 1. The molecule has 1 heterocycles. The molecule has 1 atom stereocenters. The predicted octanol–water partition coefficient (Wildman–Crippen LogP) is 4.58. The van der Waals surface area contributed by atoms with Crippen LogP contribution in [0.4, 0.5) is 11.4 Å². The van der Waals surface area contributed by atoms with Crippen molar-refractivity contribution in [2.24, 2.45) is 5.41 Å². The number of hydrogen-bond donors (Lipinski definition) is 2. The van der Waals surface area contributed by atoms with Gasteiger partial charge in [-0.05, 0) is 42.4 Å². The normalized spacial score (nSPS) is 22.2. The second-order valence-corrected chi connectivity index (χ2v) is 9.76. The lowest BCUT2D eigenvalue weighted by molar-refractivity contribution is -0.120. The van der Waals surface area contributed by atoms with Crippen LogP contribution >= 0.6 is 0 Å². The van der Waals surface area contributed by atoms with Gasteiger partial charge in [-0.15, -0.1) is 0 Å². The van der Waals surface area contributed by atoms with Gasteiger partial charge in [-0.1, -0.05) is 56.3 Å². The first-order valence-corrected chi connectivity index (χ1v) is 11.1. The second kappa shape index (κ2) is 7.56. The number of Topliss-reactive ketones (excluding diaryl/α,β-unsaturated/α-hetero) is 1. The quantitative estimate of drug-likeness (QED) is 0.767. The average Bonchev–Trinajstić information content (AvgIpc) is 3.54. The summed E-state index contributed by atoms with van der Waals surface area (Å²) < 4.78 is 0. The summed E-state index contributed by atoms with van der Waals surface area (Å²) in [5, 5.41) is 6.71. The topological polar surface area (TPSA) is 61.4 Å². The fourth-order valence-electron chi connectivity index (χ4n) is 4.86. The maximum atomic E-state index is 13.5. The van der Waals surface area contributed by atoms with Crippen molar-refractivity contribution >= 4 is 23.1 Å². The van der Waals surface area contributed by atoms with Crippen LogP contribution in [0.3, 0.4) is 0 Å². The molecule has 1 saturated carbocycles. The molecule has 1 unspecified atom stereocenters. The fourth-order valence-corrected chi connectivity index (χ4v) is 4.86. The van der Waals surface area contributed by atoms with E-state index >= 15 is 0 Å². The Morgan fingerprint density at radius 3 is 2.52 bits per heavy atom. The molecule has 5 heteroatoms. The van der Waals surface area contributed by atoms with Crippen LogP contribution in [0.5, 0.6) is 0 Å². The van der Waals surface area contributed by atoms with Crippen LogP contribution in [-0.2, 0) is 9.59 Å². The molecule has 0 bridgehead atoms. The van der Waals surface area contributed by atoms with Gasteiger partial charge in [0.25, 0.3) is 0 Å². The first-order valence-electron chi connectivity index (χ1n) is 11.1. The van der Waals surface area contributed by atoms with E-state index in [1.165, 1.54) is 0 Å². The van der Waals surface area contributed by atoms with Crippen LogP contribution in [-0.4, -0.2) is 24.3 Å². The number of carbonyl (C=O) groups excluding carboxylic acids is 2. The largest absolute Gasteiger partial charge is 0.357 e. The number of nitrogens with one attached hydrogen (secondary N) is 2. The molecular weight excluding hydrogens is 386 g/mol. The number of benzene rings is 2. The van der Waals surface area contributed by atoms with Gasteiger partial charge in [0.15, 0.2) is 5.78 Å². The minimum atomic E-state index is -0.305. The summed E-state index contributed by atoms with van der Waals surface area (Å²) in [6.07, 6.45) is 3.41. The first-order chi connectivity index (χ1) is 14.9. The number of rotatable bonds is 4. The SMILES string of the molecule is CC1(C)CC(=O)C2=C(C1)Nc1ccccc1N(CC(=O)NC1CC1)C2c1ccccc1. The minimum absolute atomic E-state index is 0.00544. The Kier molecular flexibility index (Phi) is 4.84. The van der Waals surface area contributed by atoms with Crippen LogP contribution in [0.1, 0.15) is 51.1 Å². The number of fused-ring (bicyclic) bond motifs is 1. The Bertz CT molecular complexity index is 1050. The van der Waals surface area contributed by atoms with E-state index in [0.29, 0.717) is 12.5 Å². The van der Waals surface area contributed by atoms with Crippen molar-refractivity contribution in [3.63, 3.8) is 0 Å². The summed E-state index contributed by atoms with van der Waals surface area (Å²) in [7, 11) is 0. The minimum Gasteiger partial charge on any atom is -0.357 e. The molecule has 0 aromatic heterocycles. The van der Waals surface area contributed by atoms with Crippen LogP contribution in [0.25, 0.3) is 0 Å². The van der Waals surface area contributed by atoms with Crippen molar-refractivity contribution in [1.82, 2.24) is 5.32 Å². The molecule has 31 heavy (non-hydrogen) atoms. The number of carbonyl (C=O) groups is 2. The monoisotopic (exact) mass is 415 g/mol. The van der Waals surface area contributed by atoms with Crippen molar-refractivity contribution in [2.75, 3.05) is 16.8 Å². The summed E-state index contributed by atoms with van der Waals surface area (Å²) in [5.41, 5.74) is 4.59. The number of allylic oxidation sites excluding steroid dienone is 1. The maximum Gasteiger partial charge on any atom is 0.239 e.